The molecule has 1 aliphatic rings. The van der Waals surface area contributed by atoms with Gasteiger partial charge in [-0.15, -0.1) is 0 Å². The molecular formula is C12H16N4O2S2. The highest BCUT2D eigenvalue weighted by atomic mass is 32.2. The van der Waals surface area contributed by atoms with Crippen LogP contribution < -0.4 is 5.32 Å². The second kappa shape index (κ2) is 5.36. The van der Waals surface area contributed by atoms with E-state index in [1.165, 1.54) is 0 Å². The number of nitrogens with one attached hydrogen (secondary N) is 1. The average molecular weight is 312 g/mol. The first-order chi connectivity index (χ1) is 9.64. The maximum absolute atomic E-state index is 12.9. The van der Waals surface area contributed by atoms with Crippen LogP contribution in [0.2, 0.25) is 0 Å². The smallest absolute Gasteiger partial charge is 0.245 e. The summed E-state index contributed by atoms with van der Waals surface area (Å²) in [6, 6.07) is 5.14. The molecule has 1 unspecified atom stereocenters. The fraction of sp³-hybridized carbons (Fsp3) is 0.500. The first-order valence-corrected chi connectivity index (χ1v) is 8.75. The number of rotatable bonds is 4. The molecule has 2 aromatic rings. The maximum atomic E-state index is 12.9. The molecule has 108 valence electrons. The average Bonchev–Trinajstić information content (AvgIpc) is 3.09. The third kappa shape index (κ3) is 2.22. The summed E-state index contributed by atoms with van der Waals surface area (Å²) < 4.78 is 35.6. The molecule has 0 radical (unpaired) electrons. The summed E-state index contributed by atoms with van der Waals surface area (Å²) in [5.41, 5.74) is 1.11. The number of fused-ring (bicyclic) bond motifs is 1. The van der Waals surface area contributed by atoms with E-state index < -0.39 is 10.0 Å². The topological polar surface area (TPSA) is 75.2 Å². The molecule has 0 bridgehead atoms. The lowest BCUT2D eigenvalue weighted by Gasteiger charge is -2.26. The molecule has 8 heteroatoms. The van der Waals surface area contributed by atoms with Gasteiger partial charge in [0.1, 0.15) is 15.9 Å². The standard InChI is InChI=1S/C12H16N4O2S2/c1-2-16(9-6-7-13-8-9)20(17,18)11-5-3-4-10-12(11)15-19-14-10/h3-5,9,13H,2,6-8H2,1H3. The minimum atomic E-state index is -3.53. The van der Waals surface area contributed by atoms with Crippen molar-refractivity contribution in [2.24, 2.45) is 0 Å². The SMILES string of the molecule is CCN(C1CCNC1)S(=O)(=O)c1cccc2nsnc12. The number of benzene rings is 1. The number of aromatic nitrogens is 2. The van der Waals surface area contributed by atoms with Gasteiger partial charge in [0.2, 0.25) is 10.0 Å². The first-order valence-electron chi connectivity index (χ1n) is 6.58. The minimum Gasteiger partial charge on any atom is -0.315 e. The fourth-order valence-electron chi connectivity index (χ4n) is 2.63. The molecule has 0 amide bonds. The van der Waals surface area contributed by atoms with Crippen LogP contribution in [-0.2, 0) is 10.0 Å². The van der Waals surface area contributed by atoms with Crippen molar-refractivity contribution in [2.75, 3.05) is 19.6 Å². The van der Waals surface area contributed by atoms with E-state index in [9.17, 15) is 8.42 Å². The van der Waals surface area contributed by atoms with Gasteiger partial charge < -0.3 is 5.32 Å². The molecule has 2 heterocycles. The van der Waals surface area contributed by atoms with Crippen LogP contribution in [0.1, 0.15) is 13.3 Å². The van der Waals surface area contributed by atoms with E-state index >= 15 is 0 Å². The van der Waals surface area contributed by atoms with Crippen molar-refractivity contribution < 1.29 is 8.42 Å². The van der Waals surface area contributed by atoms with Gasteiger partial charge in [-0.1, -0.05) is 13.0 Å². The van der Waals surface area contributed by atoms with Gasteiger partial charge in [0.15, 0.2) is 0 Å². The van der Waals surface area contributed by atoms with E-state index in [1.807, 2.05) is 6.92 Å². The van der Waals surface area contributed by atoms with Crippen molar-refractivity contribution in [3.8, 4) is 0 Å². The Bertz CT molecular complexity index is 707. The molecule has 6 nitrogen and oxygen atoms in total. The summed E-state index contributed by atoms with van der Waals surface area (Å²) in [7, 11) is -3.53. The molecular weight excluding hydrogens is 296 g/mol. The molecule has 1 aliphatic heterocycles. The third-order valence-electron chi connectivity index (χ3n) is 3.59. The second-order valence-corrected chi connectivity index (χ2v) is 7.13. The van der Waals surface area contributed by atoms with Gasteiger partial charge in [0, 0.05) is 19.1 Å². The van der Waals surface area contributed by atoms with Crippen LogP contribution in [0.5, 0.6) is 0 Å². The van der Waals surface area contributed by atoms with Crippen molar-refractivity contribution in [3.05, 3.63) is 18.2 Å². The largest absolute Gasteiger partial charge is 0.315 e. The van der Waals surface area contributed by atoms with Gasteiger partial charge >= 0.3 is 0 Å². The number of sulfonamides is 1. The van der Waals surface area contributed by atoms with Gasteiger partial charge in [-0.05, 0) is 25.1 Å². The van der Waals surface area contributed by atoms with E-state index in [4.69, 9.17) is 0 Å². The lowest BCUT2D eigenvalue weighted by molar-refractivity contribution is 0.349. The van der Waals surface area contributed by atoms with E-state index in [-0.39, 0.29) is 10.9 Å². The molecule has 1 fully saturated rings. The summed E-state index contributed by atoms with van der Waals surface area (Å²) in [6.07, 6.45) is 0.846. The summed E-state index contributed by atoms with van der Waals surface area (Å²) in [5.74, 6) is 0. The number of hydrogen-bond acceptors (Lipinski definition) is 6. The van der Waals surface area contributed by atoms with Crippen LogP contribution in [0.3, 0.4) is 0 Å². The van der Waals surface area contributed by atoms with Crippen LogP contribution in [0.4, 0.5) is 0 Å². The van der Waals surface area contributed by atoms with Crippen LogP contribution in [0.25, 0.3) is 11.0 Å². The van der Waals surface area contributed by atoms with Gasteiger partial charge in [0.05, 0.1) is 11.7 Å². The zero-order chi connectivity index (χ0) is 14.2. The lowest BCUT2D eigenvalue weighted by Crippen LogP contribution is -2.41. The molecule has 1 saturated heterocycles. The highest BCUT2D eigenvalue weighted by Crippen LogP contribution is 2.26. The van der Waals surface area contributed by atoms with Crippen molar-refractivity contribution >= 4 is 32.8 Å². The number of likely N-dealkylation sites (N-methyl/N-ethyl adjacent to an activating group) is 1. The van der Waals surface area contributed by atoms with E-state index in [2.05, 4.69) is 14.1 Å². The minimum absolute atomic E-state index is 0.0202. The predicted molar refractivity (Wildman–Crippen MR) is 78.3 cm³/mol. The van der Waals surface area contributed by atoms with Crippen LogP contribution in [0, 0.1) is 0 Å². The first kappa shape index (κ1) is 13.9. The molecule has 0 aliphatic carbocycles. The maximum Gasteiger partial charge on any atom is 0.245 e. The van der Waals surface area contributed by atoms with Gasteiger partial charge in [-0.3, -0.25) is 0 Å². The Hall–Kier alpha value is -1.09. The molecule has 1 N–H and O–H groups in total. The van der Waals surface area contributed by atoms with Crippen LogP contribution in [0.15, 0.2) is 23.1 Å². The van der Waals surface area contributed by atoms with Crippen molar-refractivity contribution in [1.82, 2.24) is 18.4 Å². The summed E-state index contributed by atoms with van der Waals surface area (Å²) in [4.78, 5) is 0.262. The summed E-state index contributed by atoms with van der Waals surface area (Å²) >= 11 is 1.04. The monoisotopic (exact) mass is 312 g/mol. The molecule has 1 aromatic carbocycles. The lowest BCUT2D eigenvalue weighted by atomic mass is 10.3. The molecule has 0 spiro atoms. The zero-order valence-electron chi connectivity index (χ0n) is 11.1. The van der Waals surface area contributed by atoms with E-state index in [0.29, 0.717) is 24.1 Å². The number of nitrogens with zero attached hydrogens (tertiary/aromatic N) is 3. The Morgan fingerprint density at radius 1 is 1.45 bits per heavy atom. The van der Waals surface area contributed by atoms with Crippen molar-refractivity contribution in [1.29, 1.82) is 0 Å². The Morgan fingerprint density at radius 2 is 2.30 bits per heavy atom. The predicted octanol–water partition coefficient (Wildman–Crippen LogP) is 1.06. The normalized spacial score (nSPS) is 20.0. The molecule has 0 saturated carbocycles. The fourth-order valence-corrected chi connectivity index (χ4v) is 5.04. The summed E-state index contributed by atoms with van der Waals surface area (Å²) in [6.45, 7) is 3.90. The highest BCUT2D eigenvalue weighted by molar-refractivity contribution is 7.89. The van der Waals surface area contributed by atoms with Crippen molar-refractivity contribution in [3.63, 3.8) is 0 Å². The van der Waals surface area contributed by atoms with E-state index in [1.54, 1.807) is 22.5 Å². The number of hydrogen-bond donors (Lipinski definition) is 1. The van der Waals surface area contributed by atoms with Crippen molar-refractivity contribution in [2.45, 2.75) is 24.3 Å². The Labute approximate surface area is 122 Å². The third-order valence-corrected chi connectivity index (χ3v) is 6.19. The quantitative estimate of drug-likeness (QED) is 0.914. The Morgan fingerprint density at radius 3 is 3.00 bits per heavy atom. The second-order valence-electron chi connectivity index (χ2n) is 4.74. The summed E-state index contributed by atoms with van der Waals surface area (Å²) in [5, 5.41) is 3.21. The zero-order valence-corrected chi connectivity index (χ0v) is 12.7. The van der Waals surface area contributed by atoms with Gasteiger partial charge in [-0.2, -0.15) is 13.1 Å². The molecule has 20 heavy (non-hydrogen) atoms. The molecule has 1 atom stereocenters. The van der Waals surface area contributed by atoms with Crippen LogP contribution >= 0.6 is 11.7 Å². The Balaban J connectivity index is 2.08. The highest BCUT2D eigenvalue weighted by Gasteiger charge is 2.33. The molecule has 1 aromatic heterocycles. The Kier molecular flexibility index (Phi) is 3.72. The van der Waals surface area contributed by atoms with Gasteiger partial charge in [0.25, 0.3) is 0 Å². The van der Waals surface area contributed by atoms with E-state index in [0.717, 1.165) is 24.7 Å². The van der Waals surface area contributed by atoms with Crippen LogP contribution in [-0.4, -0.2) is 47.1 Å². The molecule has 3 rings (SSSR count). The van der Waals surface area contributed by atoms with Gasteiger partial charge in [-0.25, -0.2) is 8.42 Å².